The molecule has 0 radical (unpaired) electrons. The van der Waals surface area contributed by atoms with Crippen LogP contribution in [0.3, 0.4) is 0 Å². The molecule has 19 heavy (non-hydrogen) atoms. The maximum atomic E-state index is 11.3. The molecule has 0 aromatic heterocycles. The normalized spacial score (nSPS) is 14.0. The number of carbonyl (C=O) groups is 2. The fourth-order valence-electron chi connectivity index (χ4n) is 0.602. The third-order valence-electron chi connectivity index (χ3n) is 1.21. The minimum Gasteiger partial charge on any atom is -0.287 e. The van der Waals surface area contributed by atoms with Gasteiger partial charge in [-0.1, -0.05) is 11.6 Å². The molecule has 0 aromatic carbocycles. The van der Waals surface area contributed by atoms with Gasteiger partial charge in [0.2, 0.25) is 0 Å². The maximum Gasteiger partial charge on any atom is 0.261 e. The van der Waals surface area contributed by atoms with E-state index in [2.05, 4.69) is 0 Å². The molecule has 0 aliphatic carbocycles. The van der Waals surface area contributed by atoms with Crippen LogP contribution in [0.4, 0.5) is 0 Å². The first-order valence-electron chi connectivity index (χ1n) is 4.25. The van der Waals surface area contributed by atoms with Crippen molar-refractivity contribution in [2.45, 2.75) is 4.84 Å². The Labute approximate surface area is 126 Å². The van der Waals surface area contributed by atoms with Gasteiger partial charge in [-0.15, -0.1) is 23.2 Å². The number of nitrogens with one attached hydrogen (secondary N) is 2. The highest BCUT2D eigenvalue weighted by molar-refractivity contribution is 8.41. The third kappa shape index (κ3) is 9.27. The summed E-state index contributed by atoms with van der Waals surface area (Å²) in [6.07, 6.45) is 2.78. The number of rotatable bonds is 5. The molecule has 4 N–H and O–H groups in total. The maximum absolute atomic E-state index is 11.3. The van der Waals surface area contributed by atoms with Gasteiger partial charge in [0.1, 0.15) is 14.7 Å². The Morgan fingerprint density at radius 2 is 1.63 bits per heavy atom. The van der Waals surface area contributed by atoms with Crippen molar-refractivity contribution in [2.24, 2.45) is 0 Å². The van der Waals surface area contributed by atoms with E-state index in [1.807, 2.05) is 9.44 Å². The summed E-state index contributed by atoms with van der Waals surface area (Å²) in [5.74, 6) is -1.77. The van der Waals surface area contributed by atoms with Crippen molar-refractivity contribution in [1.29, 1.82) is 0 Å². The summed E-state index contributed by atoms with van der Waals surface area (Å²) < 4.78 is 32.8. The van der Waals surface area contributed by atoms with Crippen molar-refractivity contribution < 1.29 is 22.9 Å². The van der Waals surface area contributed by atoms with Crippen LogP contribution in [0.25, 0.3) is 0 Å². The Bertz CT molecular complexity index is 517. The van der Waals surface area contributed by atoms with Gasteiger partial charge >= 0.3 is 0 Å². The first kappa shape index (κ1) is 18.7. The van der Waals surface area contributed by atoms with Gasteiger partial charge in [0.05, 0.1) is 0 Å². The molecular weight excluding hydrogens is 363 g/mol. The lowest BCUT2D eigenvalue weighted by Gasteiger charge is -2.10. The molecule has 0 aliphatic heterocycles. The molecule has 7 nitrogen and oxygen atoms in total. The molecular formula is C7H9Cl3N2O5S2. The van der Waals surface area contributed by atoms with Crippen LogP contribution in [0.15, 0.2) is 23.8 Å². The van der Waals surface area contributed by atoms with Crippen molar-refractivity contribution in [3.05, 3.63) is 23.8 Å². The highest BCUT2D eigenvalue weighted by Gasteiger charge is 2.12. The molecule has 1 unspecified atom stereocenters. The van der Waals surface area contributed by atoms with Gasteiger partial charge < -0.3 is 0 Å². The number of hydrogen-bond acceptors (Lipinski definition) is 3. The van der Waals surface area contributed by atoms with Crippen LogP contribution < -0.4 is 9.44 Å². The lowest BCUT2D eigenvalue weighted by molar-refractivity contribution is -0.114. The molecule has 0 fully saturated rings. The zero-order valence-electron chi connectivity index (χ0n) is 8.96. The van der Waals surface area contributed by atoms with E-state index in [0.29, 0.717) is 0 Å². The van der Waals surface area contributed by atoms with Gasteiger partial charge in [0, 0.05) is 17.7 Å². The number of halogens is 3. The predicted octanol–water partition coefficient (Wildman–Crippen LogP) is 0.925. The van der Waals surface area contributed by atoms with Crippen LogP contribution >= 0.6 is 34.8 Å². The molecule has 0 saturated carbocycles. The molecule has 0 aliphatic rings. The second-order valence-electron chi connectivity index (χ2n) is 2.64. The molecule has 1 atom stereocenters. The standard InChI is InChI=1S/C7H9Cl3N2O5S2/c8-4-3-7(14)12-18(19(15,16)17)11-6(13)2-1-5(9)10/h1-5H,(H,11,13)(H,12,14)(H2,15,16,17)/b2-1+,4-3?. The first-order chi connectivity index (χ1) is 8.66. The molecule has 0 rings (SSSR count). The van der Waals surface area contributed by atoms with Crippen molar-refractivity contribution in [3.63, 3.8) is 0 Å². The van der Waals surface area contributed by atoms with E-state index >= 15 is 0 Å². The molecule has 0 bridgehead atoms. The summed E-state index contributed by atoms with van der Waals surface area (Å²) in [5.41, 5.74) is 0.848. The van der Waals surface area contributed by atoms with Gasteiger partial charge in [-0.2, -0.15) is 0 Å². The summed E-state index contributed by atoms with van der Waals surface area (Å²) in [6.45, 7) is 0. The minimum atomic E-state index is -4.47. The Morgan fingerprint density at radius 1 is 1.16 bits per heavy atom. The fraction of sp³-hybridized carbons (Fsp3) is 0.143. The number of alkyl halides is 2. The van der Waals surface area contributed by atoms with Crippen LogP contribution in [0.2, 0.25) is 0 Å². The van der Waals surface area contributed by atoms with E-state index in [4.69, 9.17) is 43.9 Å². The highest BCUT2D eigenvalue weighted by Crippen LogP contribution is 2.02. The number of amides is 2. The SMILES string of the molecule is O=C(C=CCl)NS(NC(=O)/C=C/C(Cl)Cl)=S(=O)(O)O. The summed E-state index contributed by atoms with van der Waals surface area (Å²) >= 11 is 15.8. The van der Waals surface area contributed by atoms with Gasteiger partial charge in [0.25, 0.3) is 20.9 Å². The molecule has 2 amide bonds. The predicted molar refractivity (Wildman–Crippen MR) is 76.7 cm³/mol. The van der Waals surface area contributed by atoms with Gasteiger partial charge in [-0.05, 0) is 6.08 Å². The Morgan fingerprint density at radius 3 is 2.00 bits per heavy atom. The third-order valence-corrected chi connectivity index (χ3v) is 4.64. The van der Waals surface area contributed by atoms with Crippen LogP contribution in [-0.4, -0.2) is 30.0 Å². The van der Waals surface area contributed by atoms with Crippen molar-refractivity contribution in [3.8, 4) is 0 Å². The zero-order valence-corrected chi connectivity index (χ0v) is 12.9. The first-order valence-corrected chi connectivity index (χ1v) is 8.77. The summed E-state index contributed by atoms with van der Waals surface area (Å²) in [4.78, 5) is 21.5. The second kappa shape index (κ2) is 8.80. The number of carbonyl (C=O) groups excluding carboxylic acids is 2. The van der Waals surface area contributed by atoms with Crippen molar-refractivity contribution >= 4 is 65.5 Å². The van der Waals surface area contributed by atoms with E-state index < -0.39 is 35.5 Å². The topological polar surface area (TPSA) is 116 Å². The molecule has 0 heterocycles. The van der Waals surface area contributed by atoms with Crippen molar-refractivity contribution in [1.82, 2.24) is 9.44 Å². The van der Waals surface area contributed by atoms with E-state index in [1.165, 1.54) is 0 Å². The van der Waals surface area contributed by atoms with Crippen LogP contribution in [0, 0.1) is 0 Å². The monoisotopic (exact) mass is 370 g/mol. The fourth-order valence-corrected chi connectivity index (χ4v) is 2.78. The zero-order chi connectivity index (χ0) is 15.1. The number of hydrogen-bond donors (Lipinski definition) is 4. The summed E-state index contributed by atoms with van der Waals surface area (Å²) in [7, 11) is -6.70. The Balaban J connectivity index is 5.00. The molecule has 0 aromatic rings. The minimum absolute atomic E-state index is 0.822. The lowest BCUT2D eigenvalue weighted by Crippen LogP contribution is -2.40. The van der Waals surface area contributed by atoms with Gasteiger partial charge in [-0.25, -0.2) is 4.21 Å². The lowest BCUT2D eigenvalue weighted by atomic mass is 10.5. The van der Waals surface area contributed by atoms with Gasteiger partial charge in [-0.3, -0.25) is 28.1 Å². The number of allylic oxidation sites excluding steroid dienone is 1. The van der Waals surface area contributed by atoms with E-state index in [-0.39, 0.29) is 0 Å². The van der Waals surface area contributed by atoms with Gasteiger partial charge in [0.15, 0.2) is 0 Å². The smallest absolute Gasteiger partial charge is 0.261 e. The molecule has 12 heteroatoms. The van der Waals surface area contributed by atoms with Crippen LogP contribution in [-0.2, 0) is 28.5 Å². The molecule has 110 valence electrons. The summed E-state index contributed by atoms with van der Waals surface area (Å²) in [6, 6.07) is 0. The van der Waals surface area contributed by atoms with E-state index in [1.54, 1.807) is 0 Å². The van der Waals surface area contributed by atoms with Crippen LogP contribution in [0.1, 0.15) is 0 Å². The quantitative estimate of drug-likeness (QED) is 0.424. The Hall–Kier alpha value is -0.290. The average molecular weight is 372 g/mol. The van der Waals surface area contributed by atoms with E-state index in [9.17, 15) is 13.8 Å². The second-order valence-corrected chi connectivity index (χ2v) is 8.20. The molecule has 0 spiro atoms. The molecule has 0 saturated heterocycles. The highest BCUT2D eigenvalue weighted by atomic mass is 35.5. The van der Waals surface area contributed by atoms with E-state index in [0.717, 1.165) is 23.8 Å². The van der Waals surface area contributed by atoms with Crippen molar-refractivity contribution in [2.75, 3.05) is 0 Å². The Kier molecular flexibility index (Phi) is 8.66. The summed E-state index contributed by atoms with van der Waals surface area (Å²) in [5, 5.41) is 0. The largest absolute Gasteiger partial charge is 0.287 e. The average Bonchev–Trinajstić information content (AvgIpc) is 2.24. The van der Waals surface area contributed by atoms with Crippen LogP contribution in [0.5, 0.6) is 0 Å².